The molecule has 3 aromatic carbocycles. The molecule has 2 heterocycles. The first-order valence-corrected chi connectivity index (χ1v) is 12.4. The van der Waals surface area contributed by atoms with Crippen molar-refractivity contribution in [3.63, 3.8) is 0 Å². The van der Waals surface area contributed by atoms with Crippen molar-refractivity contribution in [3.8, 4) is 17.2 Å². The van der Waals surface area contributed by atoms with E-state index in [0.717, 1.165) is 24.1 Å². The Morgan fingerprint density at radius 1 is 0.838 bits per heavy atom. The molecular formula is C29H30N2O6. The molecule has 0 N–H and O–H groups in total. The summed E-state index contributed by atoms with van der Waals surface area (Å²) >= 11 is 0. The zero-order chi connectivity index (χ0) is 25.9. The number of hydroxylamine groups is 1. The molecule has 8 nitrogen and oxygen atoms in total. The molecule has 5 rings (SSSR count). The number of fused-ring (bicyclic) bond motifs is 1. The summed E-state index contributed by atoms with van der Waals surface area (Å²) in [5, 5.41) is 1.66. The number of benzene rings is 3. The van der Waals surface area contributed by atoms with Crippen LogP contribution >= 0.6 is 0 Å². The van der Waals surface area contributed by atoms with Gasteiger partial charge in [-0.2, -0.15) is 0 Å². The summed E-state index contributed by atoms with van der Waals surface area (Å²) in [5.74, 6) is 0.0963. The van der Waals surface area contributed by atoms with Gasteiger partial charge in [0.2, 0.25) is 5.91 Å². The molecule has 0 aromatic heterocycles. The first kappa shape index (κ1) is 24.6. The van der Waals surface area contributed by atoms with E-state index in [4.69, 9.17) is 19.0 Å². The van der Waals surface area contributed by atoms with E-state index in [1.165, 1.54) is 12.0 Å². The van der Waals surface area contributed by atoms with Gasteiger partial charge in [-0.15, -0.1) is 0 Å². The summed E-state index contributed by atoms with van der Waals surface area (Å²) < 4.78 is 17.0. The van der Waals surface area contributed by atoms with Crippen LogP contribution in [0.4, 0.5) is 11.4 Å². The van der Waals surface area contributed by atoms with Crippen LogP contribution in [0.5, 0.6) is 17.2 Å². The van der Waals surface area contributed by atoms with E-state index in [0.29, 0.717) is 29.5 Å². The van der Waals surface area contributed by atoms with Gasteiger partial charge in [0.05, 0.1) is 38.2 Å². The number of carbonyl (C=O) groups is 2. The van der Waals surface area contributed by atoms with Gasteiger partial charge in [0.15, 0.2) is 17.6 Å². The standard InChI is InChI=1S/C29H30N2O6/c1-4-5-17-36-23-16-15-19(18-24(23)35-3)26-25-27(37-31(26)20-11-7-6-8-12-20)29(33)30(28(25)32)21-13-9-10-14-22(21)34-2/h6-16,18,25-27H,4-5,17H2,1-3H3/t25-,26-,27-/m1/s1. The van der Waals surface area contributed by atoms with Gasteiger partial charge in [-0.1, -0.05) is 49.7 Å². The van der Waals surface area contributed by atoms with Crippen LogP contribution in [0.2, 0.25) is 0 Å². The molecule has 2 aliphatic rings. The SMILES string of the molecule is CCCCOc1ccc([C@@H]2[C@H]3C(=O)N(c4ccccc4OC)C(=O)[C@@H]3ON2c2ccccc2)cc1OC. The summed E-state index contributed by atoms with van der Waals surface area (Å²) in [6.45, 7) is 2.69. The van der Waals surface area contributed by atoms with Gasteiger partial charge in [0, 0.05) is 0 Å². The Labute approximate surface area is 216 Å². The highest BCUT2D eigenvalue weighted by Gasteiger charge is 2.60. The van der Waals surface area contributed by atoms with Crippen molar-refractivity contribution >= 4 is 23.2 Å². The number of unbranched alkanes of at least 4 members (excludes halogenated alkanes) is 1. The summed E-state index contributed by atoms with van der Waals surface area (Å²) in [6, 6.07) is 21.5. The van der Waals surface area contributed by atoms with Gasteiger partial charge in [0.1, 0.15) is 11.7 Å². The van der Waals surface area contributed by atoms with Crippen LogP contribution in [-0.2, 0) is 14.4 Å². The minimum Gasteiger partial charge on any atom is -0.495 e. The average Bonchev–Trinajstić information content (AvgIpc) is 3.45. The predicted molar refractivity (Wildman–Crippen MR) is 139 cm³/mol. The average molecular weight is 503 g/mol. The lowest BCUT2D eigenvalue weighted by molar-refractivity contribution is -0.126. The minimum atomic E-state index is -0.978. The molecule has 8 heteroatoms. The van der Waals surface area contributed by atoms with Gasteiger partial charge in [0.25, 0.3) is 5.91 Å². The van der Waals surface area contributed by atoms with Gasteiger partial charge < -0.3 is 14.2 Å². The molecule has 3 atom stereocenters. The number of amides is 2. The van der Waals surface area contributed by atoms with E-state index in [1.807, 2.05) is 48.5 Å². The Hall–Kier alpha value is -4.04. The normalized spacial score (nSPS) is 20.8. The highest BCUT2D eigenvalue weighted by Crippen LogP contribution is 2.49. The van der Waals surface area contributed by atoms with Gasteiger partial charge >= 0.3 is 0 Å². The topological polar surface area (TPSA) is 77.5 Å². The van der Waals surface area contributed by atoms with Crippen molar-refractivity contribution in [1.29, 1.82) is 0 Å². The number of hydrogen-bond donors (Lipinski definition) is 0. The summed E-state index contributed by atoms with van der Waals surface area (Å²) in [4.78, 5) is 34.9. The Kier molecular flexibility index (Phi) is 7.01. The maximum atomic E-state index is 13.9. The van der Waals surface area contributed by atoms with E-state index in [-0.39, 0.29) is 5.91 Å². The third kappa shape index (κ3) is 4.38. The van der Waals surface area contributed by atoms with E-state index >= 15 is 0 Å². The number of ether oxygens (including phenoxy) is 3. The molecule has 2 amide bonds. The number of hydrogen-bond acceptors (Lipinski definition) is 7. The summed E-state index contributed by atoms with van der Waals surface area (Å²) in [6.07, 6.45) is 0.977. The fraction of sp³-hybridized carbons (Fsp3) is 0.310. The van der Waals surface area contributed by atoms with Crippen molar-refractivity contribution in [2.24, 2.45) is 5.92 Å². The van der Waals surface area contributed by atoms with Gasteiger partial charge in [-0.25, -0.2) is 9.96 Å². The molecule has 2 aliphatic heterocycles. The van der Waals surface area contributed by atoms with Crippen LogP contribution in [0.1, 0.15) is 31.4 Å². The van der Waals surface area contributed by atoms with Crippen molar-refractivity contribution < 1.29 is 28.6 Å². The van der Waals surface area contributed by atoms with E-state index in [1.54, 1.807) is 36.4 Å². The molecule has 0 spiro atoms. The predicted octanol–water partition coefficient (Wildman–Crippen LogP) is 4.93. The molecule has 192 valence electrons. The minimum absolute atomic E-state index is 0.342. The maximum absolute atomic E-state index is 13.9. The van der Waals surface area contributed by atoms with Gasteiger partial charge in [-0.05, 0) is 48.4 Å². The number of para-hydroxylation sites is 3. The first-order chi connectivity index (χ1) is 18.1. The molecule has 0 saturated carbocycles. The lowest BCUT2D eigenvalue weighted by atomic mass is 9.90. The number of imide groups is 1. The van der Waals surface area contributed by atoms with E-state index in [9.17, 15) is 9.59 Å². The second-order valence-corrected chi connectivity index (χ2v) is 8.95. The van der Waals surface area contributed by atoms with Crippen molar-refractivity contribution in [2.45, 2.75) is 31.9 Å². The molecular weight excluding hydrogens is 472 g/mol. The highest BCUT2D eigenvalue weighted by molar-refractivity contribution is 6.24. The number of carbonyl (C=O) groups excluding carboxylic acids is 2. The number of nitrogens with zero attached hydrogens (tertiary/aromatic N) is 2. The third-order valence-electron chi connectivity index (χ3n) is 6.74. The number of anilines is 2. The van der Waals surface area contributed by atoms with Crippen LogP contribution in [-0.4, -0.2) is 38.7 Å². The summed E-state index contributed by atoms with van der Waals surface area (Å²) in [7, 11) is 3.10. The Morgan fingerprint density at radius 2 is 1.57 bits per heavy atom. The van der Waals surface area contributed by atoms with Crippen LogP contribution in [0.3, 0.4) is 0 Å². The largest absolute Gasteiger partial charge is 0.495 e. The monoisotopic (exact) mass is 502 g/mol. The molecule has 3 aromatic rings. The Morgan fingerprint density at radius 3 is 2.30 bits per heavy atom. The van der Waals surface area contributed by atoms with Crippen molar-refractivity contribution in [1.82, 2.24) is 0 Å². The molecule has 0 radical (unpaired) electrons. The Bertz CT molecular complexity index is 1280. The molecule has 2 fully saturated rings. The van der Waals surface area contributed by atoms with Crippen molar-refractivity contribution in [2.75, 3.05) is 30.8 Å². The highest BCUT2D eigenvalue weighted by atomic mass is 16.7. The second kappa shape index (κ2) is 10.5. The van der Waals surface area contributed by atoms with Crippen LogP contribution in [0.15, 0.2) is 72.8 Å². The molecule has 0 unspecified atom stereocenters. The fourth-order valence-corrected chi connectivity index (χ4v) is 4.92. The Balaban J connectivity index is 1.56. The van der Waals surface area contributed by atoms with Crippen LogP contribution < -0.4 is 24.2 Å². The zero-order valence-corrected chi connectivity index (χ0v) is 21.1. The van der Waals surface area contributed by atoms with Gasteiger partial charge in [-0.3, -0.25) is 14.4 Å². The van der Waals surface area contributed by atoms with Crippen molar-refractivity contribution in [3.05, 3.63) is 78.4 Å². The molecule has 0 aliphatic carbocycles. The van der Waals surface area contributed by atoms with E-state index in [2.05, 4.69) is 6.92 Å². The van der Waals surface area contributed by atoms with Crippen LogP contribution in [0, 0.1) is 5.92 Å². The second-order valence-electron chi connectivity index (χ2n) is 8.95. The molecule has 37 heavy (non-hydrogen) atoms. The lowest BCUT2D eigenvalue weighted by Gasteiger charge is -2.29. The summed E-state index contributed by atoms with van der Waals surface area (Å²) in [5.41, 5.74) is 1.92. The maximum Gasteiger partial charge on any atom is 0.266 e. The van der Waals surface area contributed by atoms with E-state index < -0.39 is 24.0 Å². The lowest BCUT2D eigenvalue weighted by Crippen LogP contribution is -2.37. The zero-order valence-electron chi connectivity index (χ0n) is 21.1. The van der Waals surface area contributed by atoms with Crippen LogP contribution in [0.25, 0.3) is 0 Å². The number of methoxy groups -OCH3 is 2. The smallest absolute Gasteiger partial charge is 0.266 e. The third-order valence-corrected chi connectivity index (χ3v) is 6.74. The molecule has 0 bridgehead atoms. The molecule has 2 saturated heterocycles. The first-order valence-electron chi connectivity index (χ1n) is 12.4. The number of rotatable bonds is 9. The quantitative estimate of drug-likeness (QED) is 0.303. The fourth-order valence-electron chi connectivity index (χ4n) is 4.92.